The van der Waals surface area contributed by atoms with Gasteiger partial charge < -0.3 is 15.8 Å². The third kappa shape index (κ3) is 2.07. The molecule has 19 heavy (non-hydrogen) atoms. The lowest BCUT2D eigenvalue weighted by atomic mass is 9.68. The first-order valence-electron chi connectivity index (χ1n) is 6.54. The fraction of sp³-hybridized carbons (Fsp3) is 0.500. The highest BCUT2D eigenvalue weighted by Crippen LogP contribution is 2.38. The molecular weight excluding hydrogens is 245 g/mol. The molecule has 1 saturated carbocycles. The van der Waals surface area contributed by atoms with Crippen LogP contribution in [0.4, 0.5) is 10.1 Å². The Hall–Kier alpha value is -1.64. The van der Waals surface area contributed by atoms with Crippen molar-refractivity contribution in [1.29, 1.82) is 5.26 Å². The van der Waals surface area contributed by atoms with Crippen LogP contribution in [0.5, 0.6) is 0 Å². The summed E-state index contributed by atoms with van der Waals surface area (Å²) in [4.78, 5) is 0. The molecule has 1 aliphatic carbocycles. The molecule has 4 atom stereocenters. The Morgan fingerprint density at radius 1 is 1.47 bits per heavy atom. The number of fused-ring (bicyclic) bond motifs is 1. The van der Waals surface area contributed by atoms with E-state index in [1.54, 1.807) is 6.07 Å². The van der Waals surface area contributed by atoms with Crippen LogP contribution in [0.15, 0.2) is 18.2 Å². The second kappa shape index (κ2) is 4.80. The van der Waals surface area contributed by atoms with Gasteiger partial charge in [0.1, 0.15) is 11.9 Å². The van der Waals surface area contributed by atoms with Crippen molar-refractivity contribution in [2.24, 2.45) is 11.7 Å². The molecule has 1 aliphatic heterocycles. The minimum absolute atomic E-state index is 0.00265. The number of nitriles is 1. The first-order chi connectivity index (χ1) is 9.20. The van der Waals surface area contributed by atoms with E-state index in [1.807, 2.05) is 6.07 Å². The van der Waals surface area contributed by atoms with E-state index in [0.717, 1.165) is 19.4 Å². The molecule has 2 fully saturated rings. The lowest BCUT2D eigenvalue weighted by Gasteiger charge is -2.52. The van der Waals surface area contributed by atoms with Crippen LogP contribution >= 0.6 is 0 Å². The Kier molecular flexibility index (Phi) is 3.13. The van der Waals surface area contributed by atoms with Gasteiger partial charge in [0, 0.05) is 18.6 Å². The fourth-order valence-corrected chi connectivity index (χ4v) is 3.04. The Labute approximate surface area is 111 Å². The van der Waals surface area contributed by atoms with Crippen LogP contribution in [0.2, 0.25) is 0 Å². The van der Waals surface area contributed by atoms with Crippen LogP contribution in [0.25, 0.3) is 0 Å². The minimum atomic E-state index is -0.410. The number of anilines is 1. The van der Waals surface area contributed by atoms with E-state index in [0.29, 0.717) is 17.2 Å². The smallest absolute Gasteiger partial charge is 0.124 e. The average Bonchev–Trinajstić information content (AvgIpc) is 2.45. The minimum Gasteiger partial charge on any atom is -0.377 e. The summed E-state index contributed by atoms with van der Waals surface area (Å²) in [7, 11) is 0. The number of ether oxygens (including phenoxy) is 1. The van der Waals surface area contributed by atoms with Gasteiger partial charge in [0.15, 0.2) is 0 Å². The number of nitrogens with zero attached hydrogens (tertiary/aromatic N) is 1. The van der Waals surface area contributed by atoms with Gasteiger partial charge in [-0.2, -0.15) is 5.26 Å². The maximum absolute atomic E-state index is 13.1. The SMILES string of the molecule is N#Cc1cc(F)ccc1NC1C(N)C2CCCOC21. The van der Waals surface area contributed by atoms with Gasteiger partial charge in [-0.05, 0) is 31.0 Å². The number of hydrogen-bond acceptors (Lipinski definition) is 4. The summed E-state index contributed by atoms with van der Waals surface area (Å²) in [6.45, 7) is 0.764. The molecule has 0 bridgehead atoms. The summed E-state index contributed by atoms with van der Waals surface area (Å²) >= 11 is 0. The van der Waals surface area contributed by atoms with E-state index in [2.05, 4.69) is 5.32 Å². The Morgan fingerprint density at radius 3 is 3.11 bits per heavy atom. The van der Waals surface area contributed by atoms with Crippen molar-refractivity contribution in [3.05, 3.63) is 29.6 Å². The molecule has 1 aromatic carbocycles. The second-order valence-corrected chi connectivity index (χ2v) is 5.19. The lowest BCUT2D eigenvalue weighted by molar-refractivity contribution is -0.104. The van der Waals surface area contributed by atoms with E-state index in [1.165, 1.54) is 12.1 Å². The maximum Gasteiger partial charge on any atom is 0.124 e. The zero-order valence-electron chi connectivity index (χ0n) is 10.5. The van der Waals surface area contributed by atoms with Crippen LogP contribution in [0.1, 0.15) is 18.4 Å². The predicted octanol–water partition coefficient (Wildman–Crippen LogP) is 1.61. The van der Waals surface area contributed by atoms with E-state index in [9.17, 15) is 4.39 Å². The number of nitrogens with one attached hydrogen (secondary N) is 1. The molecule has 3 rings (SSSR count). The van der Waals surface area contributed by atoms with Gasteiger partial charge >= 0.3 is 0 Å². The topological polar surface area (TPSA) is 71.1 Å². The highest BCUT2D eigenvalue weighted by molar-refractivity contribution is 5.58. The molecule has 0 spiro atoms. The number of nitrogens with two attached hydrogens (primary N) is 1. The highest BCUT2D eigenvalue weighted by Gasteiger charge is 2.50. The normalized spacial score (nSPS) is 32.9. The van der Waals surface area contributed by atoms with Crippen molar-refractivity contribution in [3.63, 3.8) is 0 Å². The maximum atomic E-state index is 13.1. The van der Waals surface area contributed by atoms with Gasteiger partial charge in [0.2, 0.25) is 0 Å². The molecule has 5 heteroatoms. The number of benzene rings is 1. The van der Waals surface area contributed by atoms with Gasteiger partial charge in [-0.3, -0.25) is 0 Å². The third-order valence-corrected chi connectivity index (χ3v) is 4.10. The molecule has 2 aliphatic rings. The van der Waals surface area contributed by atoms with Crippen LogP contribution in [0, 0.1) is 23.1 Å². The summed E-state index contributed by atoms with van der Waals surface area (Å²) in [5.41, 5.74) is 7.07. The number of hydrogen-bond donors (Lipinski definition) is 2. The van der Waals surface area contributed by atoms with E-state index < -0.39 is 5.82 Å². The fourth-order valence-electron chi connectivity index (χ4n) is 3.04. The second-order valence-electron chi connectivity index (χ2n) is 5.19. The van der Waals surface area contributed by atoms with Crippen molar-refractivity contribution < 1.29 is 9.13 Å². The molecule has 4 nitrogen and oxygen atoms in total. The van der Waals surface area contributed by atoms with Gasteiger partial charge in [0.25, 0.3) is 0 Å². The Bertz CT molecular complexity index is 528. The molecular formula is C14H16FN3O. The van der Waals surface area contributed by atoms with Crippen LogP contribution in [-0.4, -0.2) is 24.8 Å². The largest absolute Gasteiger partial charge is 0.377 e. The monoisotopic (exact) mass is 261 g/mol. The summed E-state index contributed by atoms with van der Waals surface area (Å²) < 4.78 is 18.8. The van der Waals surface area contributed by atoms with Gasteiger partial charge in [-0.1, -0.05) is 0 Å². The summed E-state index contributed by atoms with van der Waals surface area (Å²) in [6, 6.07) is 6.17. The molecule has 1 heterocycles. The molecule has 3 N–H and O–H groups in total. The molecule has 100 valence electrons. The first kappa shape index (κ1) is 12.4. The van der Waals surface area contributed by atoms with Crippen LogP contribution in [-0.2, 0) is 4.74 Å². The van der Waals surface area contributed by atoms with Crippen molar-refractivity contribution in [2.45, 2.75) is 31.0 Å². The standard InChI is InChI=1S/C14H16FN3O/c15-9-3-4-11(8(6-9)7-16)18-13-12(17)10-2-1-5-19-14(10)13/h3-4,6,10,12-14,18H,1-2,5,17H2. The molecule has 1 aromatic rings. The predicted molar refractivity (Wildman–Crippen MR) is 69.0 cm³/mol. The highest BCUT2D eigenvalue weighted by atomic mass is 19.1. The third-order valence-electron chi connectivity index (χ3n) is 4.10. The Balaban J connectivity index is 1.77. The molecule has 1 saturated heterocycles. The number of halogens is 1. The molecule has 0 radical (unpaired) electrons. The zero-order chi connectivity index (χ0) is 13.4. The molecule has 0 amide bonds. The lowest BCUT2D eigenvalue weighted by Crippen LogP contribution is -2.69. The Morgan fingerprint density at radius 2 is 2.32 bits per heavy atom. The average molecular weight is 261 g/mol. The quantitative estimate of drug-likeness (QED) is 0.848. The molecule has 0 aromatic heterocycles. The molecule has 4 unspecified atom stereocenters. The van der Waals surface area contributed by atoms with Crippen molar-refractivity contribution in [2.75, 3.05) is 11.9 Å². The summed E-state index contributed by atoms with van der Waals surface area (Å²) in [6.07, 6.45) is 2.26. The van der Waals surface area contributed by atoms with E-state index in [4.69, 9.17) is 15.7 Å². The van der Waals surface area contributed by atoms with Gasteiger partial charge in [-0.25, -0.2) is 4.39 Å². The summed E-state index contributed by atoms with van der Waals surface area (Å²) in [5.74, 6) is -0.0102. The zero-order valence-corrected chi connectivity index (χ0v) is 10.5. The van der Waals surface area contributed by atoms with Crippen LogP contribution < -0.4 is 11.1 Å². The van der Waals surface area contributed by atoms with E-state index in [-0.39, 0.29) is 18.2 Å². The van der Waals surface area contributed by atoms with Crippen molar-refractivity contribution >= 4 is 5.69 Å². The van der Waals surface area contributed by atoms with Crippen molar-refractivity contribution in [3.8, 4) is 6.07 Å². The van der Waals surface area contributed by atoms with Gasteiger partial charge in [-0.15, -0.1) is 0 Å². The van der Waals surface area contributed by atoms with Crippen molar-refractivity contribution in [1.82, 2.24) is 0 Å². The number of rotatable bonds is 2. The van der Waals surface area contributed by atoms with Crippen LogP contribution in [0.3, 0.4) is 0 Å². The first-order valence-corrected chi connectivity index (χ1v) is 6.54. The summed E-state index contributed by atoms with van der Waals surface area (Å²) in [5, 5.41) is 12.3. The van der Waals surface area contributed by atoms with E-state index >= 15 is 0 Å². The van der Waals surface area contributed by atoms with Gasteiger partial charge in [0.05, 0.1) is 23.4 Å².